The first kappa shape index (κ1) is 19.0. The molecule has 2 N–H and O–H groups in total. The Morgan fingerprint density at radius 1 is 1.00 bits per heavy atom. The van der Waals surface area contributed by atoms with Gasteiger partial charge in [-0.2, -0.15) is 0 Å². The SMILES string of the molecule is CS(=O)(=O)N[C@@H](CC(=O)Nc1cccc2ccccc12)c1ccc(F)cc1. The number of carbonyl (C=O) groups is 1. The van der Waals surface area contributed by atoms with E-state index in [1.165, 1.54) is 24.3 Å². The van der Waals surface area contributed by atoms with Crippen molar-refractivity contribution in [3.8, 4) is 0 Å². The molecule has 7 heteroatoms. The van der Waals surface area contributed by atoms with Crippen LogP contribution in [0.1, 0.15) is 18.0 Å². The van der Waals surface area contributed by atoms with Gasteiger partial charge in [-0.1, -0.05) is 48.5 Å². The minimum Gasteiger partial charge on any atom is -0.325 e. The Hall–Kier alpha value is -2.77. The van der Waals surface area contributed by atoms with E-state index in [9.17, 15) is 17.6 Å². The largest absolute Gasteiger partial charge is 0.325 e. The number of benzene rings is 3. The molecule has 0 bridgehead atoms. The second-order valence-corrected chi connectivity index (χ2v) is 8.05. The number of carbonyl (C=O) groups excluding carboxylic acids is 1. The first-order chi connectivity index (χ1) is 12.8. The molecule has 0 saturated carbocycles. The zero-order valence-electron chi connectivity index (χ0n) is 14.6. The van der Waals surface area contributed by atoms with E-state index in [2.05, 4.69) is 10.0 Å². The average molecular weight is 386 g/mol. The predicted octanol–water partition coefficient (Wildman–Crippen LogP) is 3.60. The van der Waals surface area contributed by atoms with Gasteiger partial charge in [0.05, 0.1) is 12.3 Å². The van der Waals surface area contributed by atoms with E-state index in [4.69, 9.17) is 0 Å². The summed E-state index contributed by atoms with van der Waals surface area (Å²) in [5, 5.41) is 4.71. The number of hydrogen-bond donors (Lipinski definition) is 2. The minimum absolute atomic E-state index is 0.123. The zero-order valence-corrected chi connectivity index (χ0v) is 15.5. The van der Waals surface area contributed by atoms with Crippen molar-refractivity contribution >= 4 is 32.4 Å². The Morgan fingerprint density at radius 3 is 2.37 bits per heavy atom. The number of fused-ring (bicyclic) bond motifs is 1. The molecule has 0 fully saturated rings. The smallest absolute Gasteiger partial charge is 0.226 e. The summed E-state index contributed by atoms with van der Waals surface area (Å²) in [5.41, 5.74) is 1.16. The maximum Gasteiger partial charge on any atom is 0.226 e. The molecule has 0 aliphatic carbocycles. The summed E-state index contributed by atoms with van der Waals surface area (Å²) in [5.74, 6) is -0.783. The third-order valence-corrected chi connectivity index (χ3v) is 4.79. The number of nitrogens with one attached hydrogen (secondary N) is 2. The van der Waals surface area contributed by atoms with Crippen molar-refractivity contribution in [2.75, 3.05) is 11.6 Å². The van der Waals surface area contributed by atoms with Crippen LogP contribution in [0.15, 0.2) is 66.7 Å². The number of hydrogen-bond acceptors (Lipinski definition) is 3. The van der Waals surface area contributed by atoms with Crippen molar-refractivity contribution in [3.05, 3.63) is 78.1 Å². The Kier molecular flexibility index (Phi) is 5.53. The van der Waals surface area contributed by atoms with Gasteiger partial charge in [0.15, 0.2) is 0 Å². The summed E-state index contributed by atoms with van der Waals surface area (Å²) in [6.07, 6.45) is 0.897. The van der Waals surface area contributed by atoms with Gasteiger partial charge in [-0.15, -0.1) is 0 Å². The van der Waals surface area contributed by atoms with E-state index < -0.39 is 21.9 Å². The highest BCUT2D eigenvalue weighted by atomic mass is 32.2. The van der Waals surface area contributed by atoms with Crippen LogP contribution in [-0.2, 0) is 14.8 Å². The molecule has 0 aliphatic rings. The summed E-state index contributed by atoms with van der Waals surface area (Å²) >= 11 is 0. The third kappa shape index (κ3) is 5.12. The molecule has 0 spiro atoms. The van der Waals surface area contributed by atoms with Gasteiger partial charge in [0.2, 0.25) is 15.9 Å². The Morgan fingerprint density at radius 2 is 1.67 bits per heavy atom. The molecular formula is C20H19FN2O3S. The molecule has 27 heavy (non-hydrogen) atoms. The molecule has 0 aromatic heterocycles. The molecule has 0 saturated heterocycles. The van der Waals surface area contributed by atoms with Crippen molar-refractivity contribution in [2.24, 2.45) is 0 Å². The highest BCUT2D eigenvalue weighted by Crippen LogP contribution is 2.24. The fourth-order valence-corrected chi connectivity index (χ4v) is 3.64. The molecule has 0 heterocycles. The molecule has 5 nitrogen and oxygen atoms in total. The molecule has 3 aromatic carbocycles. The molecule has 0 aliphatic heterocycles. The molecule has 0 unspecified atom stereocenters. The molecule has 3 aromatic rings. The van der Waals surface area contributed by atoms with E-state index in [0.717, 1.165) is 17.0 Å². The van der Waals surface area contributed by atoms with Crippen LogP contribution in [0.3, 0.4) is 0 Å². The van der Waals surface area contributed by atoms with Crippen molar-refractivity contribution in [1.82, 2.24) is 4.72 Å². The normalized spacial score (nSPS) is 12.7. The van der Waals surface area contributed by atoms with Crippen LogP contribution < -0.4 is 10.0 Å². The highest BCUT2D eigenvalue weighted by Gasteiger charge is 2.20. The molecule has 3 rings (SSSR count). The van der Waals surface area contributed by atoms with Gasteiger partial charge in [-0.3, -0.25) is 4.79 Å². The van der Waals surface area contributed by atoms with E-state index >= 15 is 0 Å². The number of sulfonamides is 1. The summed E-state index contributed by atoms with van der Waals surface area (Å²) in [6.45, 7) is 0. The van der Waals surface area contributed by atoms with E-state index in [-0.39, 0.29) is 12.3 Å². The average Bonchev–Trinajstić information content (AvgIpc) is 2.61. The van der Waals surface area contributed by atoms with Gasteiger partial charge < -0.3 is 5.32 Å². The van der Waals surface area contributed by atoms with Crippen LogP contribution in [0, 0.1) is 5.82 Å². The lowest BCUT2D eigenvalue weighted by molar-refractivity contribution is -0.116. The maximum absolute atomic E-state index is 13.2. The Labute approximate surface area is 157 Å². The third-order valence-electron chi connectivity index (χ3n) is 4.08. The minimum atomic E-state index is -3.56. The summed E-state index contributed by atoms with van der Waals surface area (Å²) in [7, 11) is -3.56. The van der Waals surface area contributed by atoms with E-state index in [1.54, 1.807) is 6.07 Å². The standard InChI is InChI=1S/C20H19FN2O3S/c1-27(25,26)23-19(15-9-11-16(21)12-10-15)13-20(24)22-18-8-4-6-14-5-2-3-7-17(14)18/h2-12,19,23H,13H2,1H3,(H,22,24)/t19-/m0/s1. The molecule has 140 valence electrons. The van der Waals surface area contributed by atoms with Gasteiger partial charge in [0, 0.05) is 17.5 Å². The van der Waals surface area contributed by atoms with Crippen molar-refractivity contribution in [1.29, 1.82) is 0 Å². The van der Waals surface area contributed by atoms with Gasteiger partial charge in [0.25, 0.3) is 0 Å². The fraction of sp³-hybridized carbons (Fsp3) is 0.150. The van der Waals surface area contributed by atoms with Gasteiger partial charge in [0.1, 0.15) is 5.82 Å². The number of amides is 1. The number of halogens is 1. The van der Waals surface area contributed by atoms with Crippen LogP contribution in [0.4, 0.5) is 10.1 Å². The molecule has 1 atom stereocenters. The topological polar surface area (TPSA) is 75.3 Å². The first-order valence-electron chi connectivity index (χ1n) is 8.32. The Balaban J connectivity index is 1.82. The first-order valence-corrected chi connectivity index (χ1v) is 10.2. The summed E-state index contributed by atoms with van der Waals surface area (Å²) in [4.78, 5) is 12.6. The Bertz CT molecular complexity index is 1060. The van der Waals surface area contributed by atoms with Crippen LogP contribution >= 0.6 is 0 Å². The fourth-order valence-electron chi connectivity index (χ4n) is 2.90. The second kappa shape index (κ2) is 7.85. The number of rotatable bonds is 6. The highest BCUT2D eigenvalue weighted by molar-refractivity contribution is 7.88. The predicted molar refractivity (Wildman–Crippen MR) is 104 cm³/mol. The second-order valence-electron chi connectivity index (χ2n) is 6.27. The number of anilines is 1. The van der Waals surface area contributed by atoms with Gasteiger partial charge in [-0.05, 0) is 29.1 Å². The lowest BCUT2D eigenvalue weighted by Crippen LogP contribution is -2.30. The van der Waals surface area contributed by atoms with Crippen LogP contribution in [-0.4, -0.2) is 20.6 Å². The molecule has 1 amide bonds. The summed E-state index contributed by atoms with van der Waals surface area (Å²) in [6, 6.07) is 17.8. The van der Waals surface area contributed by atoms with Crippen molar-refractivity contribution in [2.45, 2.75) is 12.5 Å². The molecule has 0 radical (unpaired) electrons. The van der Waals surface area contributed by atoms with Crippen molar-refractivity contribution < 1.29 is 17.6 Å². The van der Waals surface area contributed by atoms with Crippen LogP contribution in [0.2, 0.25) is 0 Å². The quantitative estimate of drug-likeness (QED) is 0.680. The van der Waals surface area contributed by atoms with Gasteiger partial charge in [-0.25, -0.2) is 17.5 Å². The maximum atomic E-state index is 13.2. The lowest BCUT2D eigenvalue weighted by Gasteiger charge is -2.18. The monoisotopic (exact) mass is 386 g/mol. The van der Waals surface area contributed by atoms with Crippen LogP contribution in [0.25, 0.3) is 10.8 Å². The lowest BCUT2D eigenvalue weighted by atomic mass is 10.0. The molecular weight excluding hydrogens is 367 g/mol. The zero-order chi connectivity index (χ0) is 19.4. The van der Waals surface area contributed by atoms with E-state index in [0.29, 0.717) is 11.3 Å². The van der Waals surface area contributed by atoms with Crippen molar-refractivity contribution in [3.63, 3.8) is 0 Å². The summed E-state index contributed by atoms with van der Waals surface area (Å²) < 4.78 is 39.0. The van der Waals surface area contributed by atoms with Crippen LogP contribution in [0.5, 0.6) is 0 Å². The van der Waals surface area contributed by atoms with E-state index in [1.807, 2.05) is 36.4 Å². The van der Waals surface area contributed by atoms with Gasteiger partial charge >= 0.3 is 0 Å².